The van der Waals surface area contributed by atoms with Crippen LogP contribution < -0.4 is 10.6 Å². The maximum atomic E-state index is 11.9. The molecule has 5 heteroatoms. The normalized spacial score (nSPS) is 11.3. The molecule has 23 heavy (non-hydrogen) atoms. The molecule has 2 rings (SSSR count). The number of carbonyl (C=O) groups excluding carboxylic acids is 2. The third kappa shape index (κ3) is 5.82. The Bertz CT molecular complexity index is 629. The molecule has 0 spiro atoms. The molecule has 0 fully saturated rings. The summed E-state index contributed by atoms with van der Waals surface area (Å²) in [5, 5.41) is 5.28. The van der Waals surface area contributed by atoms with Crippen LogP contribution in [-0.2, 0) is 22.7 Å². The lowest BCUT2D eigenvalue weighted by Gasteiger charge is -2.14. The van der Waals surface area contributed by atoms with Gasteiger partial charge < -0.3 is 15.4 Å². The molecule has 2 aromatic rings. The summed E-state index contributed by atoms with van der Waals surface area (Å²) in [6.45, 7) is 2.21. The second-order valence-corrected chi connectivity index (χ2v) is 5.13. The Morgan fingerprint density at radius 1 is 0.957 bits per heavy atom. The van der Waals surface area contributed by atoms with Gasteiger partial charge in [-0.05, 0) is 18.1 Å². The zero-order valence-electron chi connectivity index (χ0n) is 13.0. The molecule has 2 aromatic carbocycles. The largest absolute Gasteiger partial charge is 0.445 e. The first-order valence-electron chi connectivity index (χ1n) is 7.44. The minimum Gasteiger partial charge on any atom is -0.445 e. The van der Waals surface area contributed by atoms with Crippen LogP contribution in [0.15, 0.2) is 60.7 Å². The van der Waals surface area contributed by atoms with E-state index in [0.717, 1.165) is 11.1 Å². The van der Waals surface area contributed by atoms with Crippen LogP contribution >= 0.6 is 0 Å². The topological polar surface area (TPSA) is 67.4 Å². The number of hydrogen-bond acceptors (Lipinski definition) is 3. The highest BCUT2D eigenvalue weighted by Crippen LogP contribution is 2.01. The summed E-state index contributed by atoms with van der Waals surface area (Å²) in [7, 11) is 0. The molecule has 5 nitrogen and oxygen atoms in total. The molecule has 0 radical (unpaired) electrons. The number of rotatable bonds is 6. The number of ether oxygens (including phenoxy) is 1. The van der Waals surface area contributed by atoms with Gasteiger partial charge in [-0.1, -0.05) is 60.7 Å². The fraction of sp³-hybridized carbons (Fsp3) is 0.222. The molecule has 0 heterocycles. The van der Waals surface area contributed by atoms with Gasteiger partial charge in [-0.15, -0.1) is 0 Å². The summed E-state index contributed by atoms with van der Waals surface area (Å²) in [6.07, 6.45) is -0.615. The van der Waals surface area contributed by atoms with Crippen LogP contribution in [0.5, 0.6) is 0 Å². The molecule has 2 N–H and O–H groups in total. The lowest BCUT2D eigenvalue weighted by atomic mass is 10.2. The Morgan fingerprint density at radius 3 is 2.13 bits per heavy atom. The first kappa shape index (κ1) is 16.5. The molecule has 2 amide bonds. The van der Waals surface area contributed by atoms with Gasteiger partial charge >= 0.3 is 6.09 Å². The van der Waals surface area contributed by atoms with Gasteiger partial charge in [-0.3, -0.25) is 4.79 Å². The third-order valence-electron chi connectivity index (χ3n) is 3.25. The minimum absolute atomic E-state index is 0.172. The number of amides is 2. The first-order chi connectivity index (χ1) is 11.1. The van der Waals surface area contributed by atoms with Crippen molar-refractivity contribution in [2.45, 2.75) is 26.1 Å². The van der Waals surface area contributed by atoms with E-state index in [0.29, 0.717) is 6.54 Å². The molecule has 0 saturated carbocycles. The number of alkyl carbamates (subject to hydrolysis) is 1. The quantitative estimate of drug-likeness (QED) is 0.861. The van der Waals surface area contributed by atoms with E-state index in [1.807, 2.05) is 60.7 Å². The fourth-order valence-electron chi connectivity index (χ4n) is 1.95. The molecular formula is C18H20N2O3. The Morgan fingerprint density at radius 2 is 1.52 bits per heavy atom. The summed E-state index contributed by atoms with van der Waals surface area (Å²) < 4.78 is 5.08. The smallest absolute Gasteiger partial charge is 0.408 e. The summed E-state index contributed by atoms with van der Waals surface area (Å²) >= 11 is 0. The predicted molar refractivity (Wildman–Crippen MR) is 87.5 cm³/mol. The molecule has 0 aliphatic carbocycles. The molecule has 0 unspecified atom stereocenters. The second kappa shape index (κ2) is 8.58. The van der Waals surface area contributed by atoms with E-state index in [-0.39, 0.29) is 12.5 Å². The summed E-state index contributed by atoms with van der Waals surface area (Å²) in [5.74, 6) is -0.259. The molecule has 0 bridgehead atoms. The number of hydrogen-bond donors (Lipinski definition) is 2. The Hall–Kier alpha value is -2.82. The zero-order valence-corrected chi connectivity index (χ0v) is 13.0. The molecule has 120 valence electrons. The Kier molecular flexibility index (Phi) is 6.17. The van der Waals surface area contributed by atoms with E-state index < -0.39 is 12.1 Å². The second-order valence-electron chi connectivity index (χ2n) is 5.13. The van der Waals surface area contributed by atoms with Crippen molar-refractivity contribution >= 4 is 12.0 Å². The summed E-state index contributed by atoms with van der Waals surface area (Å²) in [6, 6.07) is 18.3. The van der Waals surface area contributed by atoms with Gasteiger partial charge in [-0.25, -0.2) is 4.79 Å². The van der Waals surface area contributed by atoms with Crippen molar-refractivity contribution in [2.75, 3.05) is 0 Å². The van der Waals surface area contributed by atoms with Gasteiger partial charge in [0.05, 0.1) is 0 Å². The number of carbonyl (C=O) groups is 2. The maximum absolute atomic E-state index is 11.9. The minimum atomic E-state index is -0.665. The Balaban J connectivity index is 1.71. The standard InChI is InChI=1S/C18H20N2O3/c1-14(17(21)19-12-15-8-4-2-5-9-15)20-18(22)23-13-16-10-6-3-7-11-16/h2-11,14H,12-13H2,1H3,(H,19,21)(H,20,22)/t14-/m0/s1. The number of nitrogens with one attached hydrogen (secondary N) is 2. The van der Waals surface area contributed by atoms with Crippen LogP contribution in [0.4, 0.5) is 4.79 Å². The van der Waals surface area contributed by atoms with Crippen molar-refractivity contribution in [2.24, 2.45) is 0 Å². The first-order valence-corrected chi connectivity index (χ1v) is 7.44. The van der Waals surface area contributed by atoms with Crippen molar-refractivity contribution in [3.05, 3.63) is 71.8 Å². The van der Waals surface area contributed by atoms with E-state index in [2.05, 4.69) is 10.6 Å². The third-order valence-corrected chi connectivity index (χ3v) is 3.25. The van der Waals surface area contributed by atoms with Crippen LogP contribution in [0.1, 0.15) is 18.1 Å². The summed E-state index contributed by atoms with van der Waals surface area (Å²) in [4.78, 5) is 23.6. The van der Waals surface area contributed by atoms with Gasteiger partial charge in [-0.2, -0.15) is 0 Å². The Labute approximate surface area is 135 Å². The van der Waals surface area contributed by atoms with Crippen molar-refractivity contribution < 1.29 is 14.3 Å². The maximum Gasteiger partial charge on any atom is 0.408 e. The highest BCUT2D eigenvalue weighted by atomic mass is 16.5. The van der Waals surface area contributed by atoms with Crippen molar-refractivity contribution in [3.8, 4) is 0 Å². The summed E-state index contributed by atoms with van der Waals surface area (Å²) in [5.41, 5.74) is 1.89. The van der Waals surface area contributed by atoms with Crippen LogP contribution in [0.3, 0.4) is 0 Å². The van der Waals surface area contributed by atoms with Crippen LogP contribution in [0.2, 0.25) is 0 Å². The lowest BCUT2D eigenvalue weighted by Crippen LogP contribution is -2.44. The van der Waals surface area contributed by atoms with E-state index in [1.54, 1.807) is 6.92 Å². The monoisotopic (exact) mass is 312 g/mol. The van der Waals surface area contributed by atoms with Crippen LogP contribution in [0, 0.1) is 0 Å². The van der Waals surface area contributed by atoms with Gasteiger partial charge in [0, 0.05) is 6.54 Å². The van der Waals surface area contributed by atoms with Crippen molar-refractivity contribution in [1.82, 2.24) is 10.6 Å². The lowest BCUT2D eigenvalue weighted by molar-refractivity contribution is -0.122. The molecule has 0 saturated heterocycles. The van der Waals surface area contributed by atoms with Gasteiger partial charge in [0.25, 0.3) is 0 Å². The molecule has 0 aromatic heterocycles. The highest BCUT2D eigenvalue weighted by molar-refractivity contribution is 5.85. The predicted octanol–water partition coefficient (Wildman–Crippen LogP) is 2.62. The number of benzene rings is 2. The van der Waals surface area contributed by atoms with E-state index in [1.165, 1.54) is 0 Å². The SMILES string of the molecule is C[C@H](NC(=O)OCc1ccccc1)C(=O)NCc1ccccc1. The van der Waals surface area contributed by atoms with Gasteiger partial charge in [0.15, 0.2) is 0 Å². The molecule has 0 aliphatic rings. The van der Waals surface area contributed by atoms with Crippen LogP contribution in [0.25, 0.3) is 0 Å². The van der Waals surface area contributed by atoms with Crippen molar-refractivity contribution in [3.63, 3.8) is 0 Å². The van der Waals surface area contributed by atoms with Crippen molar-refractivity contribution in [1.29, 1.82) is 0 Å². The van der Waals surface area contributed by atoms with Gasteiger partial charge in [0.2, 0.25) is 5.91 Å². The highest BCUT2D eigenvalue weighted by Gasteiger charge is 2.15. The fourth-order valence-corrected chi connectivity index (χ4v) is 1.95. The average Bonchev–Trinajstić information content (AvgIpc) is 2.59. The zero-order chi connectivity index (χ0) is 16.5. The van der Waals surface area contributed by atoms with Crippen LogP contribution in [-0.4, -0.2) is 18.0 Å². The van der Waals surface area contributed by atoms with Gasteiger partial charge in [0.1, 0.15) is 12.6 Å². The van der Waals surface area contributed by atoms with E-state index in [4.69, 9.17) is 4.74 Å². The molecule has 0 aliphatic heterocycles. The average molecular weight is 312 g/mol. The van der Waals surface area contributed by atoms with E-state index in [9.17, 15) is 9.59 Å². The molecular weight excluding hydrogens is 292 g/mol. The van der Waals surface area contributed by atoms with E-state index >= 15 is 0 Å². The molecule has 1 atom stereocenters.